The molecule has 2 aromatic heterocycles. The molecule has 0 spiro atoms. The van der Waals surface area contributed by atoms with E-state index in [1.54, 1.807) is 6.26 Å². The number of fused-ring (bicyclic) bond motifs is 1. The van der Waals surface area contributed by atoms with Gasteiger partial charge in [0.15, 0.2) is 11.5 Å². The largest absolute Gasteiger partial charge is 0.467 e. The molecule has 5 heteroatoms. The summed E-state index contributed by atoms with van der Waals surface area (Å²) >= 11 is 0. The Bertz CT molecular complexity index is 792. The fourth-order valence-electron chi connectivity index (χ4n) is 2.97. The highest BCUT2D eigenvalue weighted by molar-refractivity contribution is 5.44. The second-order valence-corrected chi connectivity index (χ2v) is 5.79. The molecule has 0 N–H and O–H groups in total. The zero-order valence-corrected chi connectivity index (χ0v) is 12.9. The van der Waals surface area contributed by atoms with E-state index in [9.17, 15) is 0 Å². The van der Waals surface area contributed by atoms with E-state index >= 15 is 0 Å². The Morgan fingerprint density at radius 1 is 1.22 bits per heavy atom. The monoisotopic (exact) mass is 310 g/mol. The van der Waals surface area contributed by atoms with Gasteiger partial charge in [0.1, 0.15) is 11.6 Å². The number of aromatic nitrogens is 2. The van der Waals surface area contributed by atoms with E-state index in [1.807, 2.05) is 30.6 Å². The van der Waals surface area contributed by atoms with Crippen molar-refractivity contribution in [1.82, 2.24) is 9.55 Å². The minimum absolute atomic E-state index is 0.292. The van der Waals surface area contributed by atoms with Crippen LogP contribution >= 0.6 is 0 Å². The van der Waals surface area contributed by atoms with Crippen LogP contribution in [0.15, 0.2) is 53.4 Å². The van der Waals surface area contributed by atoms with E-state index in [0.29, 0.717) is 19.3 Å². The van der Waals surface area contributed by atoms with Crippen LogP contribution in [0.4, 0.5) is 0 Å². The summed E-state index contributed by atoms with van der Waals surface area (Å²) in [5.41, 5.74) is 1.22. The summed E-state index contributed by atoms with van der Waals surface area (Å²) in [6.07, 6.45) is 6.43. The Morgan fingerprint density at radius 2 is 2.13 bits per heavy atom. The Hall–Kier alpha value is -2.69. The molecule has 23 heavy (non-hydrogen) atoms. The van der Waals surface area contributed by atoms with Crippen LogP contribution in [0, 0.1) is 0 Å². The molecular weight excluding hydrogens is 292 g/mol. The Morgan fingerprint density at radius 3 is 3.00 bits per heavy atom. The third-order valence-electron chi connectivity index (χ3n) is 4.07. The van der Waals surface area contributed by atoms with Gasteiger partial charge >= 0.3 is 0 Å². The van der Waals surface area contributed by atoms with Crippen LogP contribution in [0.1, 0.15) is 30.0 Å². The zero-order valence-electron chi connectivity index (χ0n) is 12.9. The average molecular weight is 310 g/mol. The SMILES string of the molecule is C[C@@H](Cc1ccc2c(c1)OCO2)c1nccn1Cc1ccco1. The van der Waals surface area contributed by atoms with Gasteiger partial charge in [-0.2, -0.15) is 0 Å². The van der Waals surface area contributed by atoms with Crippen molar-refractivity contribution in [3.63, 3.8) is 0 Å². The van der Waals surface area contributed by atoms with Crippen molar-refractivity contribution in [2.45, 2.75) is 25.8 Å². The van der Waals surface area contributed by atoms with Crippen LogP contribution in [0.5, 0.6) is 11.5 Å². The van der Waals surface area contributed by atoms with Crippen molar-refractivity contribution in [3.8, 4) is 11.5 Å². The number of benzene rings is 1. The van der Waals surface area contributed by atoms with Gasteiger partial charge < -0.3 is 18.5 Å². The fraction of sp³-hybridized carbons (Fsp3) is 0.278. The van der Waals surface area contributed by atoms with E-state index in [-0.39, 0.29) is 0 Å². The third-order valence-corrected chi connectivity index (χ3v) is 4.07. The lowest BCUT2D eigenvalue weighted by molar-refractivity contribution is 0.174. The Balaban J connectivity index is 1.51. The molecule has 0 amide bonds. The number of rotatable bonds is 5. The highest BCUT2D eigenvalue weighted by Gasteiger charge is 2.17. The summed E-state index contributed by atoms with van der Waals surface area (Å²) in [5, 5.41) is 0. The maximum absolute atomic E-state index is 5.45. The van der Waals surface area contributed by atoms with Crippen LogP contribution in [-0.2, 0) is 13.0 Å². The second kappa shape index (κ2) is 5.83. The van der Waals surface area contributed by atoms with Crippen LogP contribution in [0.25, 0.3) is 0 Å². The van der Waals surface area contributed by atoms with Gasteiger partial charge in [-0.25, -0.2) is 4.98 Å². The van der Waals surface area contributed by atoms with Crippen molar-refractivity contribution in [3.05, 3.63) is 66.1 Å². The smallest absolute Gasteiger partial charge is 0.231 e. The van der Waals surface area contributed by atoms with Crippen LogP contribution in [-0.4, -0.2) is 16.3 Å². The minimum atomic E-state index is 0.292. The summed E-state index contributed by atoms with van der Waals surface area (Å²) in [6, 6.07) is 10.00. The number of nitrogens with zero attached hydrogens (tertiary/aromatic N) is 2. The second-order valence-electron chi connectivity index (χ2n) is 5.79. The molecule has 3 heterocycles. The van der Waals surface area contributed by atoms with Crippen molar-refractivity contribution in [1.29, 1.82) is 0 Å². The molecule has 1 aliphatic rings. The molecule has 0 unspecified atom stereocenters. The quantitative estimate of drug-likeness (QED) is 0.722. The molecule has 0 aliphatic carbocycles. The molecule has 5 nitrogen and oxygen atoms in total. The van der Waals surface area contributed by atoms with E-state index in [1.165, 1.54) is 5.56 Å². The van der Waals surface area contributed by atoms with Gasteiger partial charge in [-0.05, 0) is 36.2 Å². The molecule has 1 aliphatic heterocycles. The molecule has 0 saturated carbocycles. The Kier molecular flexibility index (Phi) is 3.54. The molecule has 1 atom stereocenters. The lowest BCUT2D eigenvalue weighted by Crippen LogP contribution is -2.09. The maximum Gasteiger partial charge on any atom is 0.231 e. The van der Waals surface area contributed by atoms with Crippen molar-refractivity contribution in [2.75, 3.05) is 6.79 Å². The summed E-state index contributed by atoms with van der Waals surface area (Å²) < 4.78 is 18.4. The van der Waals surface area contributed by atoms with Crippen molar-refractivity contribution in [2.24, 2.45) is 0 Å². The van der Waals surface area contributed by atoms with Gasteiger partial charge in [-0.15, -0.1) is 0 Å². The van der Waals surface area contributed by atoms with Gasteiger partial charge in [-0.3, -0.25) is 0 Å². The zero-order chi connectivity index (χ0) is 15.6. The fourth-order valence-corrected chi connectivity index (χ4v) is 2.97. The normalized spacial score (nSPS) is 14.1. The predicted molar refractivity (Wildman–Crippen MR) is 84.7 cm³/mol. The van der Waals surface area contributed by atoms with Gasteiger partial charge in [0.25, 0.3) is 0 Å². The molecular formula is C18H18N2O3. The van der Waals surface area contributed by atoms with E-state index in [4.69, 9.17) is 13.9 Å². The molecule has 0 radical (unpaired) electrons. The average Bonchev–Trinajstić information content (AvgIpc) is 3.28. The molecule has 0 fully saturated rings. The topological polar surface area (TPSA) is 49.4 Å². The number of hydrogen-bond donors (Lipinski definition) is 0. The lowest BCUT2D eigenvalue weighted by Gasteiger charge is -2.14. The van der Waals surface area contributed by atoms with E-state index in [2.05, 4.69) is 28.6 Å². The first-order valence-corrected chi connectivity index (χ1v) is 7.71. The molecule has 4 rings (SSSR count). The molecule has 0 bridgehead atoms. The van der Waals surface area contributed by atoms with Gasteiger partial charge in [0.05, 0.1) is 12.8 Å². The van der Waals surface area contributed by atoms with Crippen molar-refractivity contribution >= 4 is 0 Å². The minimum Gasteiger partial charge on any atom is -0.467 e. The molecule has 3 aromatic rings. The third kappa shape index (κ3) is 2.82. The van der Waals surface area contributed by atoms with Crippen LogP contribution in [0.3, 0.4) is 0 Å². The highest BCUT2D eigenvalue weighted by Crippen LogP contribution is 2.33. The summed E-state index contributed by atoms with van der Waals surface area (Å²) in [6.45, 7) is 3.20. The van der Waals surface area contributed by atoms with Gasteiger partial charge in [0, 0.05) is 18.3 Å². The predicted octanol–water partition coefficient (Wildman–Crippen LogP) is 3.60. The lowest BCUT2D eigenvalue weighted by atomic mass is 10.00. The summed E-state index contributed by atoms with van der Waals surface area (Å²) in [5.74, 6) is 3.92. The van der Waals surface area contributed by atoms with Crippen molar-refractivity contribution < 1.29 is 13.9 Å². The Labute approximate surface area is 134 Å². The first-order valence-electron chi connectivity index (χ1n) is 7.71. The van der Waals surface area contributed by atoms with E-state index < -0.39 is 0 Å². The summed E-state index contributed by atoms with van der Waals surface area (Å²) in [7, 11) is 0. The molecule has 0 saturated heterocycles. The van der Waals surface area contributed by atoms with Crippen LogP contribution < -0.4 is 9.47 Å². The van der Waals surface area contributed by atoms with E-state index in [0.717, 1.165) is 29.5 Å². The highest BCUT2D eigenvalue weighted by atomic mass is 16.7. The molecule has 1 aromatic carbocycles. The standard InChI is InChI=1S/C18H18N2O3/c1-13(9-14-4-5-16-17(10-14)23-12-22-16)18-19-6-7-20(18)11-15-3-2-8-21-15/h2-8,10,13H,9,11-12H2,1H3/t13-/m0/s1. The van der Waals surface area contributed by atoms with Gasteiger partial charge in [-0.1, -0.05) is 13.0 Å². The first-order chi connectivity index (χ1) is 11.3. The van der Waals surface area contributed by atoms with Crippen LogP contribution in [0.2, 0.25) is 0 Å². The molecule has 118 valence electrons. The number of furan rings is 1. The maximum atomic E-state index is 5.45. The number of imidazole rings is 1. The van der Waals surface area contributed by atoms with Gasteiger partial charge in [0.2, 0.25) is 6.79 Å². The number of hydrogen-bond acceptors (Lipinski definition) is 4. The summed E-state index contributed by atoms with van der Waals surface area (Å²) in [4.78, 5) is 4.53. The number of ether oxygens (including phenoxy) is 2. The first kappa shape index (κ1) is 13.9.